The number of benzene rings is 2. The molecule has 0 saturated heterocycles. The summed E-state index contributed by atoms with van der Waals surface area (Å²) in [7, 11) is 0. The van der Waals surface area contributed by atoms with Crippen LogP contribution in [0, 0.1) is 0 Å². The predicted molar refractivity (Wildman–Crippen MR) is 161 cm³/mol. The standard InChI is InChI=1S/C31H40N4O10/c1-6-42-28(39)24(35-27(38)20(2)34-30(41)43-19-22-10-8-7-9-11-22)16-21-12-14-23(15-13-21)44-26(37)18-32-25(36)17-33-29(40)45-31(3,4)5/h7-15,20,24H,6,16-19H2,1-5H3,(H,32,36)(H,33,40)(H,34,41)(H,35,38)/t20-,24-/m0/s1. The summed E-state index contributed by atoms with van der Waals surface area (Å²) < 4.78 is 20.5. The highest BCUT2D eigenvalue weighted by molar-refractivity contribution is 5.89. The molecule has 14 nitrogen and oxygen atoms in total. The lowest BCUT2D eigenvalue weighted by molar-refractivity contribution is -0.147. The molecule has 0 saturated carbocycles. The second-order valence-electron chi connectivity index (χ2n) is 10.7. The molecule has 2 aromatic rings. The Balaban J connectivity index is 1.85. The van der Waals surface area contributed by atoms with Crippen molar-refractivity contribution < 1.29 is 47.7 Å². The second kappa shape index (κ2) is 17.9. The van der Waals surface area contributed by atoms with E-state index < -0.39 is 60.2 Å². The summed E-state index contributed by atoms with van der Waals surface area (Å²) in [5.41, 5.74) is 0.672. The van der Waals surface area contributed by atoms with Crippen molar-refractivity contribution in [3.8, 4) is 5.75 Å². The summed E-state index contributed by atoms with van der Waals surface area (Å²) in [4.78, 5) is 73.2. The minimum absolute atomic E-state index is 0.0275. The van der Waals surface area contributed by atoms with Crippen LogP contribution in [0.5, 0.6) is 5.75 Å². The van der Waals surface area contributed by atoms with Crippen molar-refractivity contribution in [1.82, 2.24) is 21.3 Å². The zero-order chi connectivity index (χ0) is 33.4. The highest BCUT2D eigenvalue weighted by atomic mass is 16.6. The third-order valence-electron chi connectivity index (χ3n) is 5.64. The number of ether oxygens (including phenoxy) is 4. The van der Waals surface area contributed by atoms with Gasteiger partial charge in [-0.05, 0) is 57.9 Å². The third-order valence-corrected chi connectivity index (χ3v) is 5.64. The lowest BCUT2D eigenvalue weighted by atomic mass is 10.1. The summed E-state index contributed by atoms with van der Waals surface area (Å²) in [6.07, 6.45) is -1.52. The fourth-order valence-corrected chi connectivity index (χ4v) is 3.54. The topological polar surface area (TPSA) is 187 Å². The molecule has 244 valence electrons. The molecule has 0 aromatic heterocycles. The molecule has 4 N–H and O–H groups in total. The van der Waals surface area contributed by atoms with Crippen molar-refractivity contribution in [1.29, 1.82) is 0 Å². The van der Waals surface area contributed by atoms with E-state index in [-0.39, 0.29) is 31.9 Å². The van der Waals surface area contributed by atoms with Gasteiger partial charge in [-0.3, -0.25) is 9.59 Å². The van der Waals surface area contributed by atoms with Gasteiger partial charge in [0, 0.05) is 6.42 Å². The van der Waals surface area contributed by atoms with E-state index >= 15 is 0 Å². The molecule has 4 amide bonds. The first kappa shape index (κ1) is 36.1. The molecule has 0 aliphatic heterocycles. The molecule has 0 fully saturated rings. The van der Waals surface area contributed by atoms with Gasteiger partial charge in [-0.15, -0.1) is 0 Å². The van der Waals surface area contributed by atoms with Gasteiger partial charge < -0.3 is 40.2 Å². The molecule has 2 aromatic carbocycles. The summed E-state index contributed by atoms with van der Waals surface area (Å²) >= 11 is 0. The number of esters is 2. The monoisotopic (exact) mass is 628 g/mol. The highest BCUT2D eigenvalue weighted by Crippen LogP contribution is 2.14. The van der Waals surface area contributed by atoms with Crippen molar-refractivity contribution in [3.63, 3.8) is 0 Å². The Labute approximate surface area is 261 Å². The van der Waals surface area contributed by atoms with Crippen LogP contribution in [-0.4, -0.2) is 73.3 Å². The van der Waals surface area contributed by atoms with Crippen molar-refractivity contribution in [2.75, 3.05) is 19.7 Å². The van der Waals surface area contributed by atoms with Gasteiger partial charge in [-0.2, -0.15) is 0 Å². The van der Waals surface area contributed by atoms with Gasteiger partial charge in [0.25, 0.3) is 0 Å². The average Bonchev–Trinajstić information content (AvgIpc) is 2.98. The molecule has 45 heavy (non-hydrogen) atoms. The number of hydrogen-bond donors (Lipinski definition) is 4. The highest BCUT2D eigenvalue weighted by Gasteiger charge is 2.26. The number of rotatable bonds is 14. The van der Waals surface area contributed by atoms with Gasteiger partial charge in [0.2, 0.25) is 11.8 Å². The second-order valence-corrected chi connectivity index (χ2v) is 10.7. The van der Waals surface area contributed by atoms with E-state index in [0.29, 0.717) is 5.56 Å². The number of carbonyl (C=O) groups is 6. The minimum atomic E-state index is -1.07. The van der Waals surface area contributed by atoms with Crippen molar-refractivity contribution >= 4 is 35.9 Å². The van der Waals surface area contributed by atoms with Crippen LogP contribution < -0.4 is 26.0 Å². The SMILES string of the molecule is CCOC(=O)[C@H](Cc1ccc(OC(=O)CNC(=O)CNC(=O)OC(C)(C)C)cc1)NC(=O)[C@H](C)NC(=O)OCc1ccccc1. The average molecular weight is 629 g/mol. The number of carbonyl (C=O) groups excluding carboxylic acids is 6. The third kappa shape index (κ3) is 14.7. The maximum atomic E-state index is 12.8. The van der Waals surface area contributed by atoms with E-state index in [1.807, 2.05) is 18.2 Å². The molecule has 2 rings (SSSR count). The largest absolute Gasteiger partial charge is 0.464 e. The van der Waals surface area contributed by atoms with E-state index in [1.54, 1.807) is 52.0 Å². The molecular formula is C31H40N4O10. The maximum Gasteiger partial charge on any atom is 0.408 e. The van der Waals surface area contributed by atoms with Gasteiger partial charge >= 0.3 is 24.1 Å². The van der Waals surface area contributed by atoms with Gasteiger partial charge in [0.15, 0.2) is 0 Å². The van der Waals surface area contributed by atoms with Crippen LogP contribution in [0.25, 0.3) is 0 Å². The fourth-order valence-electron chi connectivity index (χ4n) is 3.54. The van der Waals surface area contributed by atoms with Crippen LogP contribution in [-0.2, 0) is 46.4 Å². The predicted octanol–water partition coefficient (Wildman–Crippen LogP) is 2.14. The number of hydrogen-bond acceptors (Lipinski definition) is 10. The zero-order valence-electron chi connectivity index (χ0n) is 26.0. The molecule has 2 atom stereocenters. The molecule has 0 heterocycles. The Bertz CT molecular complexity index is 1310. The van der Waals surface area contributed by atoms with Crippen LogP contribution in [0.4, 0.5) is 9.59 Å². The minimum Gasteiger partial charge on any atom is -0.464 e. The van der Waals surface area contributed by atoms with Crippen LogP contribution in [0.1, 0.15) is 45.7 Å². The van der Waals surface area contributed by atoms with Gasteiger partial charge in [0.1, 0.15) is 43.1 Å². The van der Waals surface area contributed by atoms with Crippen molar-refractivity contribution in [2.24, 2.45) is 0 Å². The molecule has 0 spiro atoms. The molecule has 0 unspecified atom stereocenters. The molecule has 0 radical (unpaired) electrons. The molecule has 14 heteroatoms. The van der Waals surface area contributed by atoms with Crippen LogP contribution in [0.2, 0.25) is 0 Å². The first-order valence-corrected chi connectivity index (χ1v) is 14.2. The maximum absolute atomic E-state index is 12.8. The number of alkyl carbamates (subject to hydrolysis) is 2. The molecule has 0 aliphatic carbocycles. The van der Waals surface area contributed by atoms with E-state index in [9.17, 15) is 28.8 Å². The van der Waals surface area contributed by atoms with Crippen LogP contribution in [0.15, 0.2) is 54.6 Å². The Morgan fingerprint density at radius 1 is 0.778 bits per heavy atom. The summed E-state index contributed by atoms with van der Waals surface area (Å²) in [5.74, 6) is -2.49. The van der Waals surface area contributed by atoms with E-state index in [0.717, 1.165) is 5.56 Å². The Morgan fingerprint density at radius 3 is 2.07 bits per heavy atom. The van der Waals surface area contributed by atoms with Gasteiger partial charge in [-0.1, -0.05) is 42.5 Å². The number of amides is 4. The molecule has 0 bridgehead atoms. The first-order valence-electron chi connectivity index (χ1n) is 14.2. The summed E-state index contributed by atoms with van der Waals surface area (Å²) in [6, 6.07) is 13.1. The van der Waals surface area contributed by atoms with E-state index in [2.05, 4.69) is 21.3 Å². The van der Waals surface area contributed by atoms with Crippen molar-refractivity contribution in [3.05, 3.63) is 65.7 Å². The zero-order valence-corrected chi connectivity index (χ0v) is 26.0. The van der Waals surface area contributed by atoms with E-state index in [4.69, 9.17) is 18.9 Å². The molecule has 0 aliphatic rings. The lowest BCUT2D eigenvalue weighted by Gasteiger charge is -2.20. The normalized spacial score (nSPS) is 12.0. The number of nitrogens with one attached hydrogen (secondary N) is 4. The quantitative estimate of drug-likeness (QED) is 0.137. The fraction of sp³-hybridized carbons (Fsp3) is 0.419. The first-order chi connectivity index (χ1) is 21.3. The summed E-state index contributed by atoms with van der Waals surface area (Å²) in [5, 5.41) is 9.62. The van der Waals surface area contributed by atoms with E-state index in [1.165, 1.54) is 19.1 Å². The van der Waals surface area contributed by atoms with Gasteiger partial charge in [-0.25, -0.2) is 19.2 Å². The van der Waals surface area contributed by atoms with Crippen LogP contribution in [0.3, 0.4) is 0 Å². The molecular weight excluding hydrogens is 588 g/mol. The Hall–Kier alpha value is -5.14. The van der Waals surface area contributed by atoms with Crippen molar-refractivity contribution in [2.45, 2.75) is 65.3 Å². The smallest absolute Gasteiger partial charge is 0.408 e. The summed E-state index contributed by atoms with van der Waals surface area (Å²) in [6.45, 7) is 7.41. The lowest BCUT2D eigenvalue weighted by Crippen LogP contribution is -2.51. The van der Waals surface area contributed by atoms with Gasteiger partial charge in [0.05, 0.1) is 6.61 Å². The Kier molecular flexibility index (Phi) is 14.3. The Morgan fingerprint density at radius 2 is 1.44 bits per heavy atom. The van der Waals surface area contributed by atoms with Crippen LogP contribution >= 0.6 is 0 Å².